The molecule has 3 aromatic heterocycles. The molecule has 0 unspecified atom stereocenters. The Morgan fingerprint density at radius 2 is 1.96 bits per heavy atom. The fraction of sp³-hybridized carbons (Fsp3) is 0.0625. The zero-order chi connectivity index (χ0) is 16.0. The maximum absolute atomic E-state index is 6.08. The van der Waals surface area contributed by atoms with Gasteiger partial charge in [-0.25, -0.2) is 9.97 Å². The van der Waals surface area contributed by atoms with E-state index in [9.17, 15) is 0 Å². The minimum absolute atomic E-state index is 0.565. The molecule has 0 spiro atoms. The quantitative estimate of drug-likeness (QED) is 0.561. The van der Waals surface area contributed by atoms with Crippen molar-refractivity contribution in [1.29, 1.82) is 0 Å². The molecule has 1 aromatic carbocycles. The predicted octanol–water partition coefficient (Wildman–Crippen LogP) is 4.20. The van der Waals surface area contributed by atoms with Gasteiger partial charge in [0, 0.05) is 21.5 Å². The van der Waals surface area contributed by atoms with Gasteiger partial charge in [0.2, 0.25) is 0 Å². The van der Waals surface area contributed by atoms with Crippen LogP contribution in [0.4, 0.5) is 5.82 Å². The van der Waals surface area contributed by atoms with E-state index >= 15 is 0 Å². The Hall–Kier alpha value is -2.25. The highest BCUT2D eigenvalue weighted by molar-refractivity contribution is 9.10. The lowest BCUT2D eigenvalue weighted by molar-refractivity contribution is 0.846. The first kappa shape index (κ1) is 14.3. The third-order valence-electron chi connectivity index (χ3n) is 3.57. The highest BCUT2D eigenvalue weighted by Gasteiger charge is 2.16. The van der Waals surface area contributed by atoms with Crippen LogP contribution in [0.5, 0.6) is 0 Å². The molecular weight excluding hydrogens is 374 g/mol. The van der Waals surface area contributed by atoms with Crippen LogP contribution in [0, 0.1) is 6.92 Å². The van der Waals surface area contributed by atoms with Gasteiger partial charge in [0.05, 0.1) is 11.1 Å². The monoisotopic (exact) mass is 385 g/mol. The summed E-state index contributed by atoms with van der Waals surface area (Å²) in [6.45, 7) is 1.91. The van der Waals surface area contributed by atoms with Crippen LogP contribution < -0.4 is 5.73 Å². The zero-order valence-corrected chi connectivity index (χ0v) is 14.6. The van der Waals surface area contributed by atoms with Crippen LogP contribution in [0.3, 0.4) is 0 Å². The number of hydrogen-bond donors (Lipinski definition) is 1. The fourth-order valence-corrected chi connectivity index (χ4v) is 3.73. The Labute approximate surface area is 144 Å². The number of benzene rings is 1. The summed E-state index contributed by atoms with van der Waals surface area (Å²) in [7, 11) is 0. The van der Waals surface area contributed by atoms with Crippen molar-refractivity contribution < 1.29 is 0 Å². The smallest absolute Gasteiger partial charge is 0.168 e. The van der Waals surface area contributed by atoms with Crippen molar-refractivity contribution in [2.24, 2.45) is 0 Å². The van der Waals surface area contributed by atoms with E-state index in [0.29, 0.717) is 11.6 Å². The molecule has 4 aromatic rings. The second-order valence-electron chi connectivity index (χ2n) is 5.16. The number of aromatic nitrogens is 4. The van der Waals surface area contributed by atoms with E-state index in [4.69, 9.17) is 5.73 Å². The Morgan fingerprint density at radius 3 is 2.65 bits per heavy atom. The predicted molar refractivity (Wildman–Crippen MR) is 96.8 cm³/mol. The van der Waals surface area contributed by atoms with Crippen LogP contribution >= 0.6 is 27.3 Å². The molecule has 0 bridgehead atoms. The molecule has 0 atom stereocenters. The van der Waals surface area contributed by atoms with E-state index in [1.54, 1.807) is 22.3 Å². The molecule has 2 N–H and O–H groups in total. The number of halogens is 1. The van der Waals surface area contributed by atoms with Gasteiger partial charge in [-0.2, -0.15) is 9.78 Å². The lowest BCUT2D eigenvalue weighted by atomic mass is 10.1. The Balaban J connectivity index is 2.01. The van der Waals surface area contributed by atoms with Gasteiger partial charge in [0.25, 0.3) is 0 Å². The SMILES string of the molecule is Cc1cc(N)n(-c2ncnc3scc(-c4ccc(Br)cc4)c23)n1. The molecule has 0 saturated carbocycles. The molecule has 0 aliphatic rings. The van der Waals surface area contributed by atoms with Gasteiger partial charge in [0.1, 0.15) is 17.0 Å². The van der Waals surface area contributed by atoms with Crippen molar-refractivity contribution in [3.8, 4) is 16.9 Å². The van der Waals surface area contributed by atoms with Gasteiger partial charge in [0.15, 0.2) is 5.82 Å². The van der Waals surface area contributed by atoms with Gasteiger partial charge < -0.3 is 5.73 Å². The number of anilines is 1. The number of fused-ring (bicyclic) bond motifs is 1. The second kappa shape index (κ2) is 5.43. The first-order valence-electron chi connectivity index (χ1n) is 6.94. The minimum Gasteiger partial charge on any atom is -0.384 e. The van der Waals surface area contributed by atoms with E-state index < -0.39 is 0 Å². The second-order valence-corrected chi connectivity index (χ2v) is 6.93. The van der Waals surface area contributed by atoms with Crippen LogP contribution in [0.2, 0.25) is 0 Å². The maximum Gasteiger partial charge on any atom is 0.168 e. The van der Waals surface area contributed by atoms with E-state index in [2.05, 4.69) is 48.5 Å². The standard InChI is InChI=1S/C16H12BrN5S/c1-9-6-13(18)22(21-9)15-14-12(7-23-16(14)20-8-19-15)10-2-4-11(17)5-3-10/h2-8H,18H2,1H3. The summed E-state index contributed by atoms with van der Waals surface area (Å²) in [5.74, 6) is 1.27. The summed E-state index contributed by atoms with van der Waals surface area (Å²) in [5.41, 5.74) is 9.13. The Kier molecular flexibility index (Phi) is 3.39. The summed E-state index contributed by atoms with van der Waals surface area (Å²) >= 11 is 5.06. The molecule has 0 aliphatic carbocycles. The van der Waals surface area contributed by atoms with Crippen LogP contribution in [-0.4, -0.2) is 19.7 Å². The highest BCUT2D eigenvalue weighted by Crippen LogP contribution is 2.36. The summed E-state index contributed by atoms with van der Waals surface area (Å²) in [6, 6.07) is 10.0. The van der Waals surface area contributed by atoms with Gasteiger partial charge in [-0.3, -0.25) is 0 Å². The summed E-state index contributed by atoms with van der Waals surface area (Å²) in [5, 5.41) is 7.52. The number of hydrogen-bond acceptors (Lipinski definition) is 5. The number of rotatable bonds is 2. The van der Waals surface area contributed by atoms with Crippen LogP contribution in [0.25, 0.3) is 27.2 Å². The molecule has 7 heteroatoms. The molecule has 5 nitrogen and oxygen atoms in total. The number of aryl methyl sites for hydroxylation is 1. The molecule has 0 aliphatic heterocycles. The first-order valence-corrected chi connectivity index (χ1v) is 8.61. The van der Waals surface area contributed by atoms with Crippen molar-refractivity contribution in [3.05, 3.63) is 52.2 Å². The lowest BCUT2D eigenvalue weighted by Gasteiger charge is -2.07. The van der Waals surface area contributed by atoms with Gasteiger partial charge in [-0.1, -0.05) is 28.1 Å². The molecular formula is C16H12BrN5S. The number of nitrogens with two attached hydrogens (primary N) is 1. The number of thiophene rings is 1. The Bertz CT molecular complexity index is 1000. The third kappa shape index (κ3) is 2.42. The van der Waals surface area contributed by atoms with E-state index in [1.807, 2.05) is 25.1 Å². The first-order chi connectivity index (χ1) is 11.1. The number of nitrogens with zero attached hydrogens (tertiary/aromatic N) is 4. The van der Waals surface area contributed by atoms with E-state index in [1.165, 1.54) is 0 Å². The van der Waals surface area contributed by atoms with Crippen LogP contribution in [0.1, 0.15) is 5.69 Å². The van der Waals surface area contributed by atoms with E-state index in [-0.39, 0.29) is 0 Å². The number of nitrogen functional groups attached to an aromatic ring is 1. The van der Waals surface area contributed by atoms with Crippen molar-refractivity contribution in [2.75, 3.05) is 5.73 Å². The van der Waals surface area contributed by atoms with Crippen molar-refractivity contribution in [1.82, 2.24) is 19.7 Å². The van der Waals surface area contributed by atoms with Crippen LogP contribution in [-0.2, 0) is 0 Å². The third-order valence-corrected chi connectivity index (χ3v) is 4.98. The topological polar surface area (TPSA) is 69.6 Å². The Morgan fingerprint density at radius 1 is 1.17 bits per heavy atom. The summed E-state index contributed by atoms with van der Waals surface area (Å²) < 4.78 is 2.72. The molecule has 4 rings (SSSR count). The molecule has 0 radical (unpaired) electrons. The maximum atomic E-state index is 6.08. The average Bonchev–Trinajstić information content (AvgIpc) is 3.11. The lowest BCUT2D eigenvalue weighted by Crippen LogP contribution is -2.05. The minimum atomic E-state index is 0.565. The van der Waals surface area contributed by atoms with Crippen molar-refractivity contribution >= 4 is 43.3 Å². The molecule has 0 saturated heterocycles. The van der Waals surface area contributed by atoms with Crippen molar-refractivity contribution in [3.63, 3.8) is 0 Å². The molecule has 0 amide bonds. The van der Waals surface area contributed by atoms with Crippen molar-refractivity contribution in [2.45, 2.75) is 6.92 Å². The zero-order valence-electron chi connectivity index (χ0n) is 12.2. The summed E-state index contributed by atoms with van der Waals surface area (Å²) in [6.07, 6.45) is 1.55. The van der Waals surface area contributed by atoms with Gasteiger partial charge >= 0.3 is 0 Å². The highest BCUT2D eigenvalue weighted by atomic mass is 79.9. The normalized spacial score (nSPS) is 11.2. The average molecular weight is 386 g/mol. The fourth-order valence-electron chi connectivity index (χ4n) is 2.55. The molecule has 0 fully saturated rings. The molecule has 3 heterocycles. The molecule has 114 valence electrons. The largest absolute Gasteiger partial charge is 0.384 e. The summed E-state index contributed by atoms with van der Waals surface area (Å²) in [4.78, 5) is 9.73. The van der Waals surface area contributed by atoms with Crippen LogP contribution in [0.15, 0.2) is 46.5 Å². The van der Waals surface area contributed by atoms with E-state index in [0.717, 1.165) is 31.5 Å². The molecule has 23 heavy (non-hydrogen) atoms. The van der Waals surface area contributed by atoms with Gasteiger partial charge in [-0.15, -0.1) is 11.3 Å². The van der Waals surface area contributed by atoms with Gasteiger partial charge in [-0.05, 0) is 24.6 Å².